The highest BCUT2D eigenvalue weighted by Crippen LogP contribution is 2.23. The highest BCUT2D eigenvalue weighted by atomic mass is 127. The van der Waals surface area contributed by atoms with Crippen LogP contribution in [0.4, 0.5) is 0 Å². The first kappa shape index (κ1) is 15.3. The SMILES string of the molecule is CSC1=CC(=[N+]2CCCCC2)CC(C)(C)N1.[I-]. The lowest BCUT2D eigenvalue weighted by atomic mass is 9.94. The Bertz CT molecular complexity index is 326. The summed E-state index contributed by atoms with van der Waals surface area (Å²) in [5.41, 5.74) is 1.74. The third kappa shape index (κ3) is 4.16. The molecule has 0 saturated carbocycles. The molecular formula is C13H23IN2S. The van der Waals surface area contributed by atoms with Gasteiger partial charge in [-0.05, 0) is 26.5 Å². The normalized spacial score (nSPS) is 23.6. The minimum atomic E-state index is 0. The molecule has 1 N–H and O–H groups in total. The number of piperidine rings is 1. The lowest BCUT2D eigenvalue weighted by Gasteiger charge is -2.32. The van der Waals surface area contributed by atoms with Crippen molar-refractivity contribution in [2.75, 3.05) is 19.3 Å². The molecule has 0 spiro atoms. The minimum absolute atomic E-state index is 0. The molecule has 2 heterocycles. The molecule has 0 atom stereocenters. The Labute approximate surface area is 126 Å². The Kier molecular flexibility index (Phi) is 5.83. The molecule has 0 bridgehead atoms. The molecule has 0 radical (unpaired) electrons. The molecular weight excluding hydrogens is 343 g/mol. The van der Waals surface area contributed by atoms with Crippen molar-refractivity contribution in [3.05, 3.63) is 11.1 Å². The van der Waals surface area contributed by atoms with Crippen molar-refractivity contribution in [3.63, 3.8) is 0 Å². The van der Waals surface area contributed by atoms with Crippen LogP contribution in [0.3, 0.4) is 0 Å². The molecule has 0 aromatic heterocycles. The van der Waals surface area contributed by atoms with E-state index in [1.807, 2.05) is 11.8 Å². The van der Waals surface area contributed by atoms with E-state index in [1.165, 1.54) is 43.1 Å². The molecule has 1 fully saturated rings. The van der Waals surface area contributed by atoms with Gasteiger partial charge in [-0.2, -0.15) is 0 Å². The molecule has 0 aliphatic carbocycles. The van der Waals surface area contributed by atoms with E-state index >= 15 is 0 Å². The highest BCUT2D eigenvalue weighted by molar-refractivity contribution is 8.02. The van der Waals surface area contributed by atoms with E-state index in [2.05, 4.69) is 36.1 Å². The van der Waals surface area contributed by atoms with Gasteiger partial charge in [0, 0.05) is 24.5 Å². The molecule has 0 aromatic rings. The summed E-state index contributed by atoms with van der Waals surface area (Å²) in [7, 11) is 0. The average molecular weight is 366 g/mol. The highest BCUT2D eigenvalue weighted by Gasteiger charge is 2.30. The van der Waals surface area contributed by atoms with Gasteiger partial charge >= 0.3 is 0 Å². The zero-order chi connectivity index (χ0) is 11.6. The third-order valence-electron chi connectivity index (χ3n) is 3.36. The largest absolute Gasteiger partial charge is 1.00 e. The predicted octanol–water partition coefficient (Wildman–Crippen LogP) is -0.396. The number of rotatable bonds is 1. The first-order valence-corrected chi connectivity index (χ1v) is 7.48. The van der Waals surface area contributed by atoms with Gasteiger partial charge in [0.15, 0.2) is 5.71 Å². The van der Waals surface area contributed by atoms with Gasteiger partial charge in [0.1, 0.15) is 13.1 Å². The molecule has 17 heavy (non-hydrogen) atoms. The quantitative estimate of drug-likeness (QED) is 0.502. The Hall–Kier alpha value is 0.290. The smallest absolute Gasteiger partial charge is 0.180 e. The fourth-order valence-corrected chi connectivity index (χ4v) is 3.20. The summed E-state index contributed by atoms with van der Waals surface area (Å²) in [6, 6.07) is 0. The second-order valence-corrected chi connectivity index (χ2v) is 6.29. The van der Waals surface area contributed by atoms with Gasteiger partial charge in [0.25, 0.3) is 0 Å². The monoisotopic (exact) mass is 366 g/mol. The van der Waals surface area contributed by atoms with Crippen LogP contribution in [0.25, 0.3) is 0 Å². The summed E-state index contributed by atoms with van der Waals surface area (Å²) >= 11 is 1.82. The Morgan fingerprint density at radius 1 is 1.24 bits per heavy atom. The van der Waals surface area contributed by atoms with Crippen LogP contribution < -0.4 is 29.3 Å². The summed E-state index contributed by atoms with van der Waals surface area (Å²) in [4.78, 5) is 0. The van der Waals surface area contributed by atoms with Gasteiger partial charge in [-0.1, -0.05) is 0 Å². The van der Waals surface area contributed by atoms with Crippen molar-refractivity contribution in [1.82, 2.24) is 5.32 Å². The van der Waals surface area contributed by atoms with Crippen molar-refractivity contribution >= 4 is 17.5 Å². The second kappa shape index (κ2) is 6.45. The molecule has 2 rings (SSSR count). The van der Waals surface area contributed by atoms with Gasteiger partial charge in [-0.15, -0.1) is 11.8 Å². The standard InChI is InChI=1S/C13H22N2S.HI/c1-13(2)10-11(9-12(14-13)16-3)15-7-5-4-6-8-15;/h9H,4-8,10H2,1-3H3;1H. The maximum atomic E-state index is 3.59. The van der Waals surface area contributed by atoms with Crippen LogP contribution in [0.1, 0.15) is 39.5 Å². The molecule has 2 nitrogen and oxygen atoms in total. The summed E-state index contributed by atoms with van der Waals surface area (Å²) in [5, 5.41) is 4.90. The summed E-state index contributed by atoms with van der Waals surface area (Å²) in [6.45, 7) is 7.09. The number of hydrogen-bond donors (Lipinski definition) is 1. The van der Waals surface area contributed by atoms with Gasteiger partial charge in [0.2, 0.25) is 0 Å². The lowest BCUT2D eigenvalue weighted by Crippen LogP contribution is -3.00. The van der Waals surface area contributed by atoms with E-state index < -0.39 is 0 Å². The third-order valence-corrected chi connectivity index (χ3v) is 4.02. The molecule has 0 aromatic carbocycles. The zero-order valence-electron chi connectivity index (χ0n) is 11.1. The minimum Gasteiger partial charge on any atom is -1.00 e. The predicted molar refractivity (Wildman–Crippen MR) is 72.3 cm³/mol. The van der Waals surface area contributed by atoms with Crippen LogP contribution in [0.5, 0.6) is 0 Å². The molecule has 2 aliphatic rings. The van der Waals surface area contributed by atoms with Gasteiger partial charge in [-0.25, -0.2) is 4.58 Å². The second-order valence-electron chi connectivity index (χ2n) is 5.44. The molecule has 0 amide bonds. The van der Waals surface area contributed by atoms with Crippen LogP contribution >= 0.6 is 11.8 Å². The summed E-state index contributed by atoms with van der Waals surface area (Å²) in [5.74, 6) is 0. The fraction of sp³-hybridized carbons (Fsp3) is 0.769. The number of nitrogens with one attached hydrogen (secondary N) is 1. The summed E-state index contributed by atoms with van der Waals surface area (Å²) < 4.78 is 2.59. The van der Waals surface area contributed by atoms with Crippen molar-refractivity contribution < 1.29 is 28.6 Å². The van der Waals surface area contributed by atoms with Crippen molar-refractivity contribution in [2.45, 2.75) is 45.1 Å². The maximum Gasteiger partial charge on any atom is 0.180 e. The molecule has 1 saturated heterocycles. The van der Waals surface area contributed by atoms with Gasteiger partial charge in [-0.3, -0.25) is 0 Å². The number of hydrogen-bond acceptors (Lipinski definition) is 2. The Morgan fingerprint density at radius 3 is 2.47 bits per heavy atom. The number of allylic oxidation sites excluding steroid dienone is 1. The van der Waals surface area contributed by atoms with E-state index in [0.29, 0.717) is 0 Å². The van der Waals surface area contributed by atoms with Crippen LogP contribution in [0.15, 0.2) is 11.1 Å². The number of nitrogens with zero attached hydrogens (tertiary/aromatic N) is 1. The first-order chi connectivity index (χ1) is 7.61. The fourth-order valence-electron chi connectivity index (χ4n) is 2.56. The van der Waals surface area contributed by atoms with Crippen LogP contribution in [-0.4, -0.2) is 35.2 Å². The number of halogens is 1. The molecule has 98 valence electrons. The zero-order valence-corrected chi connectivity index (χ0v) is 14.0. The summed E-state index contributed by atoms with van der Waals surface area (Å²) in [6.07, 6.45) is 9.77. The van der Waals surface area contributed by atoms with E-state index in [-0.39, 0.29) is 29.5 Å². The van der Waals surface area contributed by atoms with Crippen molar-refractivity contribution in [2.24, 2.45) is 0 Å². The van der Waals surface area contributed by atoms with E-state index in [0.717, 1.165) is 6.42 Å². The van der Waals surface area contributed by atoms with Crippen LogP contribution in [-0.2, 0) is 0 Å². The Morgan fingerprint density at radius 2 is 1.88 bits per heavy atom. The van der Waals surface area contributed by atoms with E-state index in [4.69, 9.17) is 0 Å². The van der Waals surface area contributed by atoms with Crippen LogP contribution in [0, 0.1) is 0 Å². The van der Waals surface area contributed by atoms with E-state index in [1.54, 1.807) is 0 Å². The molecule has 4 heteroatoms. The maximum absolute atomic E-state index is 3.59. The van der Waals surface area contributed by atoms with E-state index in [9.17, 15) is 0 Å². The van der Waals surface area contributed by atoms with Gasteiger partial charge in [0.05, 0.1) is 11.4 Å². The van der Waals surface area contributed by atoms with Crippen molar-refractivity contribution in [1.29, 1.82) is 0 Å². The molecule has 2 aliphatic heterocycles. The Balaban J connectivity index is 0.00000144. The lowest BCUT2D eigenvalue weighted by molar-refractivity contribution is -0.538. The number of thioether (sulfide) groups is 1. The average Bonchev–Trinajstić information content (AvgIpc) is 2.28. The van der Waals surface area contributed by atoms with Gasteiger partial charge < -0.3 is 29.3 Å². The van der Waals surface area contributed by atoms with Crippen molar-refractivity contribution in [3.8, 4) is 0 Å². The first-order valence-electron chi connectivity index (χ1n) is 6.25. The topological polar surface area (TPSA) is 15.0 Å². The van der Waals surface area contributed by atoms with Crippen LogP contribution in [0.2, 0.25) is 0 Å². The molecule has 0 unspecified atom stereocenters.